The third-order valence-electron chi connectivity index (χ3n) is 2.76. The fourth-order valence-electron chi connectivity index (χ4n) is 1.78. The monoisotopic (exact) mass is 208 g/mol. The third-order valence-corrected chi connectivity index (χ3v) is 3.98. The van der Waals surface area contributed by atoms with E-state index in [4.69, 9.17) is 5.73 Å². The van der Waals surface area contributed by atoms with Crippen LogP contribution in [0.5, 0.6) is 0 Å². The van der Waals surface area contributed by atoms with Crippen molar-refractivity contribution < 1.29 is 0 Å². The van der Waals surface area contributed by atoms with E-state index in [1.54, 1.807) is 11.3 Å². The fraction of sp³-hybridized carbons (Fsp3) is 0.545. The first-order valence-corrected chi connectivity index (χ1v) is 5.62. The van der Waals surface area contributed by atoms with Gasteiger partial charge in [-0.15, -0.1) is 11.3 Å². The number of nitrogens with zero attached hydrogens (tertiary/aromatic N) is 1. The third kappa shape index (κ3) is 1.27. The molecular formula is C11H16N2S. The number of nitrogen functional groups attached to an aromatic ring is 1. The van der Waals surface area contributed by atoms with Gasteiger partial charge in [-0.05, 0) is 0 Å². The Hall–Kier alpha value is -0.830. The molecule has 1 aliphatic rings. The minimum absolute atomic E-state index is 0.0268. The topological polar surface area (TPSA) is 38.9 Å². The van der Waals surface area contributed by atoms with E-state index in [1.165, 1.54) is 4.88 Å². The second-order valence-electron chi connectivity index (χ2n) is 5.01. The van der Waals surface area contributed by atoms with Gasteiger partial charge in [0, 0.05) is 15.7 Å². The van der Waals surface area contributed by atoms with Crippen molar-refractivity contribution in [3.8, 4) is 0 Å². The Morgan fingerprint density at radius 2 is 1.71 bits per heavy atom. The van der Waals surface area contributed by atoms with Gasteiger partial charge in [0.25, 0.3) is 0 Å². The summed E-state index contributed by atoms with van der Waals surface area (Å²) in [6.07, 6.45) is 4.49. The Balaban J connectivity index is 2.67. The summed E-state index contributed by atoms with van der Waals surface area (Å²) in [6, 6.07) is 0. The summed E-state index contributed by atoms with van der Waals surface area (Å²) in [4.78, 5) is 5.75. The van der Waals surface area contributed by atoms with Gasteiger partial charge in [-0.3, -0.25) is 0 Å². The van der Waals surface area contributed by atoms with Crippen molar-refractivity contribution in [1.29, 1.82) is 0 Å². The van der Waals surface area contributed by atoms with Crippen LogP contribution in [-0.2, 0) is 10.8 Å². The maximum atomic E-state index is 5.78. The molecule has 1 heterocycles. The van der Waals surface area contributed by atoms with Gasteiger partial charge in [-0.2, -0.15) is 0 Å². The summed E-state index contributed by atoms with van der Waals surface area (Å²) in [7, 11) is 0. The minimum Gasteiger partial charge on any atom is -0.375 e. The number of fused-ring (bicyclic) bond motifs is 1. The fourth-order valence-corrected chi connectivity index (χ4v) is 2.86. The zero-order valence-electron chi connectivity index (χ0n) is 9.09. The van der Waals surface area contributed by atoms with Crippen molar-refractivity contribution in [2.75, 3.05) is 5.73 Å². The van der Waals surface area contributed by atoms with Crippen LogP contribution in [0.3, 0.4) is 0 Å². The zero-order chi connectivity index (χ0) is 10.6. The molecule has 0 unspecified atom stereocenters. The van der Waals surface area contributed by atoms with Crippen molar-refractivity contribution in [1.82, 2.24) is 4.98 Å². The molecule has 1 aliphatic carbocycles. The Morgan fingerprint density at radius 3 is 2.29 bits per heavy atom. The Labute approximate surface area is 88.9 Å². The van der Waals surface area contributed by atoms with E-state index in [-0.39, 0.29) is 10.8 Å². The van der Waals surface area contributed by atoms with Crippen LogP contribution in [0.1, 0.15) is 38.3 Å². The maximum absolute atomic E-state index is 5.78. The SMILES string of the molecule is CC1(C)C=CC(C)(C)c2sc(N)nc21. The highest BCUT2D eigenvalue weighted by Gasteiger charge is 2.36. The average molecular weight is 208 g/mol. The van der Waals surface area contributed by atoms with E-state index in [0.717, 1.165) is 5.69 Å². The Kier molecular flexibility index (Phi) is 1.80. The summed E-state index contributed by atoms with van der Waals surface area (Å²) < 4.78 is 0. The summed E-state index contributed by atoms with van der Waals surface area (Å²) in [6.45, 7) is 8.76. The number of anilines is 1. The number of nitrogens with two attached hydrogens (primary N) is 1. The van der Waals surface area contributed by atoms with Gasteiger partial charge < -0.3 is 5.73 Å². The molecule has 0 fully saturated rings. The number of rotatable bonds is 0. The van der Waals surface area contributed by atoms with Crippen LogP contribution < -0.4 is 5.73 Å². The first-order chi connectivity index (χ1) is 6.33. The lowest BCUT2D eigenvalue weighted by molar-refractivity contribution is 0.561. The highest BCUT2D eigenvalue weighted by atomic mass is 32.1. The van der Waals surface area contributed by atoms with Crippen molar-refractivity contribution in [3.05, 3.63) is 22.7 Å². The number of allylic oxidation sites excluding steroid dienone is 2. The van der Waals surface area contributed by atoms with Crippen LogP contribution in [-0.4, -0.2) is 4.98 Å². The predicted molar refractivity (Wildman–Crippen MR) is 61.7 cm³/mol. The molecule has 0 spiro atoms. The average Bonchev–Trinajstić information content (AvgIpc) is 2.44. The van der Waals surface area contributed by atoms with E-state index in [0.29, 0.717) is 5.13 Å². The lowest BCUT2D eigenvalue weighted by Crippen LogP contribution is -2.27. The van der Waals surface area contributed by atoms with Crippen molar-refractivity contribution in [2.45, 2.75) is 38.5 Å². The van der Waals surface area contributed by atoms with Gasteiger partial charge in [0.2, 0.25) is 0 Å². The summed E-state index contributed by atoms with van der Waals surface area (Å²) in [5.41, 5.74) is 7.04. The normalized spacial score (nSPS) is 22.0. The molecule has 2 rings (SSSR count). The number of hydrogen-bond donors (Lipinski definition) is 1. The lowest BCUT2D eigenvalue weighted by atomic mass is 9.75. The number of hydrogen-bond acceptors (Lipinski definition) is 3. The molecule has 0 atom stereocenters. The molecule has 0 aromatic carbocycles. The second-order valence-corrected chi connectivity index (χ2v) is 6.04. The molecule has 1 aromatic heterocycles. The van der Waals surface area contributed by atoms with Gasteiger partial charge >= 0.3 is 0 Å². The van der Waals surface area contributed by atoms with Crippen LogP contribution in [0, 0.1) is 0 Å². The molecule has 0 amide bonds. The first kappa shape index (κ1) is 9.71. The minimum atomic E-state index is 0.0268. The van der Waals surface area contributed by atoms with Gasteiger partial charge in [-0.25, -0.2) is 4.98 Å². The van der Waals surface area contributed by atoms with Crippen molar-refractivity contribution >= 4 is 16.5 Å². The predicted octanol–water partition coefficient (Wildman–Crippen LogP) is 2.85. The molecule has 1 aromatic rings. The summed E-state index contributed by atoms with van der Waals surface area (Å²) in [5, 5.41) is 0.680. The first-order valence-electron chi connectivity index (χ1n) is 4.80. The number of thiazole rings is 1. The van der Waals surface area contributed by atoms with Crippen LogP contribution in [0.2, 0.25) is 0 Å². The molecule has 76 valence electrons. The maximum Gasteiger partial charge on any atom is 0.180 e. The van der Waals surface area contributed by atoms with Gasteiger partial charge in [0.1, 0.15) is 0 Å². The molecule has 2 nitrogen and oxygen atoms in total. The van der Waals surface area contributed by atoms with Crippen LogP contribution in [0.15, 0.2) is 12.2 Å². The second kappa shape index (κ2) is 2.60. The Bertz CT molecular complexity index is 364. The molecule has 2 N–H and O–H groups in total. The van der Waals surface area contributed by atoms with E-state index >= 15 is 0 Å². The quantitative estimate of drug-likeness (QED) is 0.666. The van der Waals surface area contributed by atoms with Crippen molar-refractivity contribution in [2.24, 2.45) is 0 Å². The number of aromatic nitrogens is 1. The highest BCUT2D eigenvalue weighted by molar-refractivity contribution is 7.15. The standard InChI is InChI=1S/C11H16N2S/c1-10(2)5-6-11(3,4)8-7(10)13-9(12)14-8/h5-6H,1-4H3,(H2,12,13). The molecule has 0 radical (unpaired) electrons. The van der Waals surface area contributed by atoms with Gasteiger partial charge in [0.15, 0.2) is 5.13 Å². The molecule has 0 bridgehead atoms. The van der Waals surface area contributed by atoms with Crippen LogP contribution >= 0.6 is 11.3 Å². The van der Waals surface area contributed by atoms with Gasteiger partial charge in [-0.1, -0.05) is 39.8 Å². The van der Waals surface area contributed by atoms with E-state index in [1.807, 2.05) is 0 Å². The highest BCUT2D eigenvalue weighted by Crippen LogP contribution is 2.44. The molecule has 0 aliphatic heterocycles. The lowest BCUT2D eigenvalue weighted by Gasteiger charge is -2.32. The Morgan fingerprint density at radius 1 is 1.14 bits per heavy atom. The van der Waals surface area contributed by atoms with E-state index < -0.39 is 0 Å². The largest absolute Gasteiger partial charge is 0.375 e. The molecule has 3 heteroatoms. The molecule has 0 saturated carbocycles. The van der Waals surface area contributed by atoms with E-state index in [2.05, 4.69) is 44.8 Å². The van der Waals surface area contributed by atoms with Crippen LogP contribution in [0.25, 0.3) is 0 Å². The molecule has 0 saturated heterocycles. The van der Waals surface area contributed by atoms with Gasteiger partial charge in [0.05, 0.1) is 5.69 Å². The molecular weight excluding hydrogens is 192 g/mol. The molecule has 14 heavy (non-hydrogen) atoms. The van der Waals surface area contributed by atoms with E-state index in [9.17, 15) is 0 Å². The van der Waals surface area contributed by atoms with Crippen LogP contribution in [0.4, 0.5) is 5.13 Å². The van der Waals surface area contributed by atoms with Crippen molar-refractivity contribution in [3.63, 3.8) is 0 Å². The summed E-state index contributed by atoms with van der Waals surface area (Å²) in [5.74, 6) is 0. The smallest absolute Gasteiger partial charge is 0.180 e. The summed E-state index contributed by atoms with van der Waals surface area (Å²) >= 11 is 1.61. The zero-order valence-corrected chi connectivity index (χ0v) is 9.90.